The maximum Gasteiger partial charge on any atom is 0.224 e. The van der Waals surface area contributed by atoms with E-state index < -0.39 is 0 Å². The highest BCUT2D eigenvalue weighted by atomic mass is 35.5. The average Bonchev–Trinajstić information content (AvgIpc) is 2.25. The Kier molecular flexibility index (Phi) is 3.25. The Bertz CT molecular complexity index is 511. The normalized spacial score (nSPS) is 10.9. The first kappa shape index (κ1) is 11.1. The second kappa shape index (κ2) is 4.66. The van der Waals surface area contributed by atoms with Crippen LogP contribution in [0, 0.1) is 0 Å². The molecule has 0 aliphatic carbocycles. The number of fused-ring (bicyclic) bond motifs is 1. The summed E-state index contributed by atoms with van der Waals surface area (Å²) in [7, 11) is 0. The third-order valence-corrected chi connectivity index (χ3v) is 2.75. The fourth-order valence-corrected chi connectivity index (χ4v) is 1.89. The number of anilines is 1. The van der Waals surface area contributed by atoms with Crippen LogP contribution in [-0.4, -0.2) is 9.97 Å². The van der Waals surface area contributed by atoms with Crippen molar-refractivity contribution in [3.05, 3.63) is 29.0 Å². The van der Waals surface area contributed by atoms with Crippen molar-refractivity contribution in [2.45, 2.75) is 26.2 Å². The molecule has 16 heavy (non-hydrogen) atoms. The Hall–Kier alpha value is -1.35. The summed E-state index contributed by atoms with van der Waals surface area (Å²) in [5.41, 5.74) is 7.86. The fraction of sp³-hybridized carbons (Fsp3) is 0.333. The summed E-state index contributed by atoms with van der Waals surface area (Å²) in [5, 5.41) is 1.07. The van der Waals surface area contributed by atoms with Gasteiger partial charge in [0.25, 0.3) is 0 Å². The lowest BCUT2D eigenvalue weighted by Crippen LogP contribution is -1.96. The number of aryl methyl sites for hydroxylation is 1. The van der Waals surface area contributed by atoms with Gasteiger partial charge in [0.1, 0.15) is 5.82 Å². The van der Waals surface area contributed by atoms with Crippen molar-refractivity contribution in [3.63, 3.8) is 0 Å². The molecule has 2 rings (SSSR count). The standard InChI is InChI=1S/C12H14ClN3/c1-2-3-4-8-5-6-9-10(7-8)15-12(13)16-11(9)14/h5-7H,2-4H2,1H3,(H2,14,15,16). The van der Waals surface area contributed by atoms with Gasteiger partial charge < -0.3 is 5.73 Å². The fourth-order valence-electron chi connectivity index (χ4n) is 1.71. The van der Waals surface area contributed by atoms with Crippen molar-refractivity contribution in [2.24, 2.45) is 0 Å². The second-order valence-corrected chi connectivity index (χ2v) is 4.17. The molecule has 0 unspecified atom stereocenters. The number of halogens is 1. The largest absolute Gasteiger partial charge is 0.383 e. The number of nitrogen functional groups attached to an aromatic ring is 1. The zero-order chi connectivity index (χ0) is 11.5. The van der Waals surface area contributed by atoms with Crippen LogP contribution in [0.15, 0.2) is 18.2 Å². The molecular weight excluding hydrogens is 222 g/mol. The molecule has 3 nitrogen and oxygen atoms in total. The molecule has 0 atom stereocenters. The number of rotatable bonds is 3. The Morgan fingerprint density at radius 3 is 2.88 bits per heavy atom. The lowest BCUT2D eigenvalue weighted by molar-refractivity contribution is 0.795. The van der Waals surface area contributed by atoms with Gasteiger partial charge in [-0.25, -0.2) is 9.97 Å². The van der Waals surface area contributed by atoms with Crippen molar-refractivity contribution >= 4 is 28.3 Å². The first-order chi connectivity index (χ1) is 7.70. The number of benzene rings is 1. The second-order valence-electron chi connectivity index (χ2n) is 3.83. The SMILES string of the molecule is CCCCc1ccc2c(N)nc(Cl)nc2c1. The van der Waals surface area contributed by atoms with E-state index in [2.05, 4.69) is 23.0 Å². The minimum Gasteiger partial charge on any atom is -0.383 e. The molecule has 2 aromatic rings. The van der Waals surface area contributed by atoms with Crippen LogP contribution in [0.4, 0.5) is 5.82 Å². The van der Waals surface area contributed by atoms with Gasteiger partial charge in [0.05, 0.1) is 5.52 Å². The molecule has 4 heteroatoms. The molecule has 84 valence electrons. The quantitative estimate of drug-likeness (QED) is 0.832. The van der Waals surface area contributed by atoms with Gasteiger partial charge in [-0.1, -0.05) is 19.4 Å². The van der Waals surface area contributed by atoms with Gasteiger partial charge in [0.2, 0.25) is 5.28 Å². The maximum absolute atomic E-state index is 5.78. The predicted molar refractivity (Wildman–Crippen MR) is 67.6 cm³/mol. The summed E-state index contributed by atoms with van der Waals surface area (Å²) in [6.45, 7) is 2.18. The van der Waals surface area contributed by atoms with Crippen LogP contribution in [0.3, 0.4) is 0 Å². The van der Waals surface area contributed by atoms with Crippen molar-refractivity contribution in [1.29, 1.82) is 0 Å². The number of aromatic nitrogens is 2. The Balaban J connectivity index is 2.45. The molecule has 0 aliphatic rings. The summed E-state index contributed by atoms with van der Waals surface area (Å²) >= 11 is 5.78. The van der Waals surface area contributed by atoms with Crippen molar-refractivity contribution in [2.75, 3.05) is 5.73 Å². The van der Waals surface area contributed by atoms with Crippen molar-refractivity contribution in [3.8, 4) is 0 Å². The summed E-state index contributed by atoms with van der Waals surface area (Å²) in [6.07, 6.45) is 3.43. The number of nitrogens with zero attached hydrogens (tertiary/aromatic N) is 2. The minimum absolute atomic E-state index is 0.206. The van der Waals surface area contributed by atoms with Crippen LogP contribution in [0.5, 0.6) is 0 Å². The van der Waals surface area contributed by atoms with Crippen LogP contribution in [0.2, 0.25) is 5.28 Å². The lowest BCUT2D eigenvalue weighted by Gasteiger charge is -2.04. The molecule has 0 aliphatic heterocycles. The third-order valence-electron chi connectivity index (χ3n) is 2.58. The molecule has 0 saturated carbocycles. The molecule has 0 fully saturated rings. The van der Waals surface area contributed by atoms with Crippen LogP contribution in [0.25, 0.3) is 10.9 Å². The Labute approximate surface area is 99.7 Å². The molecule has 1 aromatic heterocycles. The number of hydrogen-bond donors (Lipinski definition) is 1. The highest BCUT2D eigenvalue weighted by molar-refractivity contribution is 6.28. The van der Waals surface area contributed by atoms with Crippen molar-refractivity contribution in [1.82, 2.24) is 9.97 Å². The van der Waals surface area contributed by atoms with Gasteiger partial charge in [0.15, 0.2) is 0 Å². The van der Waals surface area contributed by atoms with Crippen molar-refractivity contribution < 1.29 is 0 Å². The van der Waals surface area contributed by atoms with E-state index in [-0.39, 0.29) is 5.28 Å². The molecule has 1 aromatic carbocycles. The molecule has 2 N–H and O–H groups in total. The molecule has 0 bridgehead atoms. The van der Waals surface area contributed by atoms with Gasteiger partial charge >= 0.3 is 0 Å². The number of nitrogens with two attached hydrogens (primary N) is 1. The van der Waals surface area contributed by atoms with Crippen LogP contribution in [-0.2, 0) is 6.42 Å². The molecule has 0 saturated heterocycles. The highest BCUT2D eigenvalue weighted by Gasteiger charge is 2.04. The topological polar surface area (TPSA) is 51.8 Å². The van der Waals surface area contributed by atoms with Crippen LogP contribution < -0.4 is 5.73 Å². The van der Waals surface area contributed by atoms with Crippen LogP contribution in [0.1, 0.15) is 25.3 Å². The highest BCUT2D eigenvalue weighted by Crippen LogP contribution is 2.21. The predicted octanol–water partition coefficient (Wildman–Crippen LogP) is 3.21. The third kappa shape index (κ3) is 2.25. The van der Waals surface area contributed by atoms with Crippen LogP contribution >= 0.6 is 11.6 Å². The zero-order valence-corrected chi connectivity index (χ0v) is 9.96. The number of unbranched alkanes of at least 4 members (excludes halogenated alkanes) is 1. The zero-order valence-electron chi connectivity index (χ0n) is 9.20. The Morgan fingerprint density at radius 1 is 1.31 bits per heavy atom. The first-order valence-electron chi connectivity index (χ1n) is 5.42. The summed E-state index contributed by atoms with van der Waals surface area (Å²) in [6, 6.07) is 6.08. The maximum atomic E-state index is 5.78. The Morgan fingerprint density at radius 2 is 2.12 bits per heavy atom. The summed E-state index contributed by atoms with van der Waals surface area (Å²) in [5.74, 6) is 0.442. The van der Waals surface area contributed by atoms with E-state index in [1.165, 1.54) is 18.4 Å². The van der Waals surface area contributed by atoms with E-state index in [4.69, 9.17) is 17.3 Å². The lowest BCUT2D eigenvalue weighted by atomic mass is 10.1. The monoisotopic (exact) mass is 235 g/mol. The summed E-state index contributed by atoms with van der Waals surface area (Å²) in [4.78, 5) is 8.11. The smallest absolute Gasteiger partial charge is 0.224 e. The molecular formula is C12H14ClN3. The van der Waals surface area contributed by atoms with E-state index in [9.17, 15) is 0 Å². The molecule has 0 radical (unpaired) electrons. The van der Waals surface area contributed by atoms with Gasteiger partial charge in [-0.3, -0.25) is 0 Å². The van der Waals surface area contributed by atoms with E-state index >= 15 is 0 Å². The van der Waals surface area contributed by atoms with E-state index in [1.54, 1.807) is 0 Å². The number of hydrogen-bond acceptors (Lipinski definition) is 3. The molecule has 0 spiro atoms. The minimum atomic E-state index is 0.206. The van der Waals surface area contributed by atoms with E-state index in [1.807, 2.05) is 12.1 Å². The molecule has 0 amide bonds. The van der Waals surface area contributed by atoms with Gasteiger partial charge in [-0.05, 0) is 42.1 Å². The van der Waals surface area contributed by atoms with Gasteiger partial charge in [0, 0.05) is 5.39 Å². The molecule has 1 heterocycles. The summed E-state index contributed by atoms with van der Waals surface area (Å²) < 4.78 is 0. The van der Waals surface area contributed by atoms with Gasteiger partial charge in [-0.15, -0.1) is 0 Å². The van der Waals surface area contributed by atoms with E-state index in [0.717, 1.165) is 17.3 Å². The average molecular weight is 236 g/mol. The van der Waals surface area contributed by atoms with Gasteiger partial charge in [-0.2, -0.15) is 0 Å². The first-order valence-corrected chi connectivity index (χ1v) is 5.80. The van der Waals surface area contributed by atoms with E-state index in [0.29, 0.717) is 5.82 Å².